The van der Waals surface area contributed by atoms with Gasteiger partial charge >= 0.3 is 0 Å². The quantitative estimate of drug-likeness (QED) is 0.804. The molecule has 128 valence electrons. The minimum Gasteiger partial charge on any atom is -0.344 e. The molecule has 4 nitrogen and oxygen atoms in total. The van der Waals surface area contributed by atoms with Gasteiger partial charge in [-0.25, -0.2) is 0 Å². The molecule has 0 radical (unpaired) electrons. The van der Waals surface area contributed by atoms with Crippen molar-refractivity contribution in [2.45, 2.75) is 46.1 Å². The van der Waals surface area contributed by atoms with Crippen molar-refractivity contribution in [3.8, 4) is 0 Å². The molecule has 0 saturated carbocycles. The summed E-state index contributed by atoms with van der Waals surface area (Å²) >= 11 is 0. The van der Waals surface area contributed by atoms with E-state index >= 15 is 0 Å². The summed E-state index contributed by atoms with van der Waals surface area (Å²) in [6, 6.07) is 13.3. The number of carbonyl (C=O) groups is 2. The fourth-order valence-electron chi connectivity index (χ4n) is 2.69. The van der Waals surface area contributed by atoms with Crippen LogP contribution in [0.1, 0.15) is 40.0 Å². The minimum absolute atomic E-state index is 0.0724. The number of anilines is 1. The summed E-state index contributed by atoms with van der Waals surface area (Å²) in [4.78, 5) is 24.5. The Kier molecular flexibility index (Phi) is 6.36. The molecule has 0 aliphatic rings. The van der Waals surface area contributed by atoms with Gasteiger partial charge in [0.25, 0.3) is 0 Å². The van der Waals surface area contributed by atoms with Crippen LogP contribution >= 0.6 is 0 Å². The lowest BCUT2D eigenvalue weighted by molar-refractivity contribution is -0.126. The zero-order valence-electron chi connectivity index (χ0n) is 14.6. The van der Waals surface area contributed by atoms with Crippen molar-refractivity contribution in [3.63, 3.8) is 0 Å². The van der Waals surface area contributed by atoms with Crippen molar-refractivity contribution in [3.05, 3.63) is 42.5 Å². The molecular formula is C20H26N2O2. The Balaban J connectivity index is 2.10. The maximum absolute atomic E-state index is 12.6. The highest BCUT2D eigenvalue weighted by molar-refractivity contribution is 5.99. The van der Waals surface area contributed by atoms with Gasteiger partial charge < -0.3 is 10.6 Å². The number of nitrogens with one attached hydrogen (secondary N) is 2. The molecule has 1 atom stereocenters. The van der Waals surface area contributed by atoms with E-state index in [0.29, 0.717) is 18.8 Å². The van der Waals surface area contributed by atoms with E-state index in [1.165, 1.54) is 0 Å². The summed E-state index contributed by atoms with van der Waals surface area (Å²) < 4.78 is 0. The number of amides is 2. The van der Waals surface area contributed by atoms with Gasteiger partial charge in [-0.3, -0.25) is 9.59 Å². The lowest BCUT2D eigenvalue weighted by Crippen LogP contribution is -2.44. The van der Waals surface area contributed by atoms with Crippen LogP contribution in [0, 0.1) is 5.92 Å². The van der Waals surface area contributed by atoms with E-state index in [-0.39, 0.29) is 11.8 Å². The molecule has 2 amide bonds. The fraction of sp³-hybridized carbons (Fsp3) is 0.400. The lowest BCUT2D eigenvalue weighted by Gasteiger charge is -2.20. The first kappa shape index (κ1) is 18.0. The normalized spacial score (nSPS) is 12.2. The Hall–Kier alpha value is -2.36. The molecule has 0 fully saturated rings. The van der Waals surface area contributed by atoms with Crippen molar-refractivity contribution in [2.24, 2.45) is 5.92 Å². The topological polar surface area (TPSA) is 58.2 Å². The molecule has 0 unspecified atom stereocenters. The van der Waals surface area contributed by atoms with Crippen LogP contribution in [-0.2, 0) is 9.59 Å². The van der Waals surface area contributed by atoms with Gasteiger partial charge in [-0.15, -0.1) is 0 Å². The zero-order valence-corrected chi connectivity index (χ0v) is 14.6. The number of carbonyl (C=O) groups excluding carboxylic acids is 2. The first-order valence-electron chi connectivity index (χ1n) is 8.58. The molecule has 2 aromatic rings. The summed E-state index contributed by atoms with van der Waals surface area (Å²) in [7, 11) is 0. The Morgan fingerprint density at radius 1 is 1.04 bits per heavy atom. The van der Waals surface area contributed by atoms with Crippen LogP contribution in [0.5, 0.6) is 0 Å². The maximum Gasteiger partial charge on any atom is 0.246 e. The molecule has 0 spiro atoms. The van der Waals surface area contributed by atoms with Gasteiger partial charge in [0.15, 0.2) is 0 Å². The molecule has 0 heterocycles. The molecular weight excluding hydrogens is 300 g/mol. The third-order valence-corrected chi connectivity index (χ3v) is 3.85. The second-order valence-electron chi connectivity index (χ2n) is 6.55. The van der Waals surface area contributed by atoms with Crippen LogP contribution in [0.2, 0.25) is 0 Å². The van der Waals surface area contributed by atoms with E-state index in [1.54, 1.807) is 0 Å². The van der Waals surface area contributed by atoms with E-state index in [9.17, 15) is 9.59 Å². The van der Waals surface area contributed by atoms with E-state index < -0.39 is 6.04 Å². The van der Waals surface area contributed by atoms with Gasteiger partial charge in [-0.05, 0) is 41.7 Å². The molecule has 2 aromatic carbocycles. The highest BCUT2D eigenvalue weighted by atomic mass is 16.2. The van der Waals surface area contributed by atoms with E-state index in [1.807, 2.05) is 63.2 Å². The second kappa shape index (κ2) is 8.48. The molecule has 0 aromatic heterocycles. The Bertz CT molecular complexity index is 710. The molecule has 24 heavy (non-hydrogen) atoms. The van der Waals surface area contributed by atoms with Crippen LogP contribution in [0.4, 0.5) is 5.69 Å². The average Bonchev–Trinajstić information content (AvgIpc) is 2.54. The van der Waals surface area contributed by atoms with Gasteiger partial charge in [0.05, 0.1) is 0 Å². The third kappa shape index (κ3) is 5.08. The van der Waals surface area contributed by atoms with Crippen molar-refractivity contribution < 1.29 is 9.59 Å². The predicted octanol–water partition coefficient (Wildman–Crippen LogP) is 4.11. The van der Waals surface area contributed by atoms with Crippen LogP contribution in [0.15, 0.2) is 42.5 Å². The highest BCUT2D eigenvalue weighted by Gasteiger charge is 2.21. The Labute approximate surface area is 143 Å². The van der Waals surface area contributed by atoms with Crippen molar-refractivity contribution in [2.75, 3.05) is 5.32 Å². The first-order chi connectivity index (χ1) is 11.5. The van der Waals surface area contributed by atoms with Gasteiger partial charge in [0.2, 0.25) is 11.8 Å². The van der Waals surface area contributed by atoms with Crippen molar-refractivity contribution >= 4 is 28.3 Å². The lowest BCUT2D eigenvalue weighted by atomic mass is 10.0. The van der Waals surface area contributed by atoms with Crippen molar-refractivity contribution in [1.82, 2.24) is 5.32 Å². The monoisotopic (exact) mass is 326 g/mol. The smallest absolute Gasteiger partial charge is 0.246 e. The third-order valence-electron chi connectivity index (χ3n) is 3.85. The van der Waals surface area contributed by atoms with Crippen LogP contribution < -0.4 is 10.6 Å². The van der Waals surface area contributed by atoms with E-state index in [4.69, 9.17) is 0 Å². The fourth-order valence-corrected chi connectivity index (χ4v) is 2.69. The van der Waals surface area contributed by atoms with Crippen LogP contribution in [0.25, 0.3) is 10.8 Å². The number of benzene rings is 2. The molecule has 2 rings (SSSR count). The summed E-state index contributed by atoms with van der Waals surface area (Å²) in [5.41, 5.74) is 0.747. The van der Waals surface area contributed by atoms with Crippen molar-refractivity contribution in [1.29, 1.82) is 0 Å². The van der Waals surface area contributed by atoms with E-state index in [2.05, 4.69) is 10.6 Å². The van der Waals surface area contributed by atoms with Gasteiger partial charge in [0.1, 0.15) is 6.04 Å². The second-order valence-corrected chi connectivity index (χ2v) is 6.55. The predicted molar refractivity (Wildman–Crippen MR) is 98.9 cm³/mol. The van der Waals surface area contributed by atoms with Gasteiger partial charge in [0, 0.05) is 12.1 Å². The average molecular weight is 326 g/mol. The number of fused-ring (bicyclic) bond motifs is 1. The maximum atomic E-state index is 12.6. The SMILES string of the molecule is CCCC(=O)N[C@@H](CC(C)C)C(=O)Nc1ccc2ccccc2c1. The molecule has 0 saturated heterocycles. The standard InChI is InChI=1S/C20H26N2O2/c1-4-7-19(23)22-18(12-14(2)3)20(24)21-17-11-10-15-8-5-6-9-16(15)13-17/h5-6,8-11,13-14,18H,4,7,12H2,1-3H3,(H,21,24)(H,22,23)/t18-/m0/s1. The summed E-state index contributed by atoms with van der Waals surface area (Å²) in [6.07, 6.45) is 1.83. The van der Waals surface area contributed by atoms with Gasteiger partial charge in [-0.2, -0.15) is 0 Å². The summed E-state index contributed by atoms with van der Waals surface area (Å²) in [6.45, 7) is 6.04. The Morgan fingerprint density at radius 3 is 2.42 bits per heavy atom. The molecule has 0 bridgehead atoms. The summed E-state index contributed by atoms with van der Waals surface area (Å²) in [5.74, 6) is 0.0829. The highest BCUT2D eigenvalue weighted by Crippen LogP contribution is 2.19. The zero-order chi connectivity index (χ0) is 17.5. The molecule has 0 aliphatic heterocycles. The first-order valence-corrected chi connectivity index (χ1v) is 8.58. The number of hydrogen-bond donors (Lipinski definition) is 2. The van der Waals surface area contributed by atoms with E-state index in [0.717, 1.165) is 22.9 Å². The van der Waals surface area contributed by atoms with Gasteiger partial charge in [-0.1, -0.05) is 51.1 Å². The number of hydrogen-bond acceptors (Lipinski definition) is 2. The minimum atomic E-state index is -0.504. The Morgan fingerprint density at radius 2 is 1.75 bits per heavy atom. The largest absolute Gasteiger partial charge is 0.344 e. The summed E-state index contributed by atoms with van der Waals surface area (Å²) in [5, 5.41) is 7.99. The molecule has 0 aliphatic carbocycles. The molecule has 4 heteroatoms. The molecule has 2 N–H and O–H groups in total. The van der Waals surface area contributed by atoms with Crippen LogP contribution in [0.3, 0.4) is 0 Å². The number of rotatable bonds is 7. The van der Waals surface area contributed by atoms with Crippen LogP contribution in [-0.4, -0.2) is 17.9 Å².